The van der Waals surface area contributed by atoms with E-state index in [-0.39, 0.29) is 11.6 Å². The molecular formula is C16H27N3O2. The lowest BCUT2D eigenvalue weighted by atomic mass is 9.83. The van der Waals surface area contributed by atoms with Crippen molar-refractivity contribution in [2.45, 2.75) is 31.8 Å². The molecule has 2 atom stereocenters. The number of nitrogens with one attached hydrogen (secondary N) is 1. The molecular weight excluding hydrogens is 266 g/mol. The smallest absolute Gasteiger partial charge is 0.118 e. The standard InChI is InChI=1S/C16H27N3O2/c1-4-16(2,19-9-11-21-12-10-19)15(18-17)13-5-7-14(20-3)8-6-13/h5-8,15,18H,4,9-12,17H2,1-3H3. The first kappa shape index (κ1) is 16.2. The van der Waals surface area contributed by atoms with Crippen LogP contribution in [-0.4, -0.2) is 43.9 Å². The Balaban J connectivity index is 2.26. The van der Waals surface area contributed by atoms with E-state index in [4.69, 9.17) is 15.3 Å². The topological polar surface area (TPSA) is 59.8 Å². The van der Waals surface area contributed by atoms with Gasteiger partial charge >= 0.3 is 0 Å². The van der Waals surface area contributed by atoms with Gasteiger partial charge in [-0.25, -0.2) is 0 Å². The lowest BCUT2D eigenvalue weighted by Gasteiger charge is -2.47. The molecule has 0 aromatic heterocycles. The van der Waals surface area contributed by atoms with Crippen molar-refractivity contribution in [3.8, 4) is 5.75 Å². The van der Waals surface area contributed by atoms with E-state index in [1.807, 2.05) is 12.1 Å². The number of hydrogen-bond acceptors (Lipinski definition) is 5. The lowest BCUT2D eigenvalue weighted by molar-refractivity contribution is -0.0329. The van der Waals surface area contributed by atoms with Gasteiger partial charge in [0.2, 0.25) is 0 Å². The predicted octanol–water partition coefficient (Wildman–Crippen LogP) is 1.70. The molecule has 2 unspecified atom stereocenters. The summed E-state index contributed by atoms with van der Waals surface area (Å²) >= 11 is 0. The molecule has 0 radical (unpaired) electrons. The molecule has 118 valence electrons. The molecule has 0 bridgehead atoms. The zero-order valence-corrected chi connectivity index (χ0v) is 13.3. The molecule has 3 N–H and O–H groups in total. The van der Waals surface area contributed by atoms with Crippen molar-refractivity contribution in [2.24, 2.45) is 5.84 Å². The van der Waals surface area contributed by atoms with Gasteiger partial charge in [-0.3, -0.25) is 16.2 Å². The minimum Gasteiger partial charge on any atom is -0.497 e. The molecule has 1 saturated heterocycles. The summed E-state index contributed by atoms with van der Waals surface area (Å²) in [6, 6.07) is 8.19. The van der Waals surface area contributed by atoms with Crippen LogP contribution in [0.3, 0.4) is 0 Å². The van der Waals surface area contributed by atoms with Crippen LogP contribution in [-0.2, 0) is 4.74 Å². The van der Waals surface area contributed by atoms with Gasteiger partial charge in [-0.05, 0) is 31.0 Å². The molecule has 0 saturated carbocycles. The number of nitrogens with two attached hydrogens (primary N) is 1. The van der Waals surface area contributed by atoms with Gasteiger partial charge in [-0.15, -0.1) is 0 Å². The van der Waals surface area contributed by atoms with Crippen molar-refractivity contribution < 1.29 is 9.47 Å². The number of hydrazine groups is 1. The Morgan fingerprint density at radius 2 is 1.95 bits per heavy atom. The Kier molecular flexibility index (Phi) is 5.58. The fraction of sp³-hybridized carbons (Fsp3) is 0.625. The Morgan fingerprint density at radius 1 is 1.33 bits per heavy atom. The first-order valence-electron chi connectivity index (χ1n) is 7.58. The van der Waals surface area contributed by atoms with Gasteiger partial charge in [-0.1, -0.05) is 19.1 Å². The molecule has 1 aliphatic rings. The molecule has 5 heteroatoms. The van der Waals surface area contributed by atoms with E-state index < -0.39 is 0 Å². The van der Waals surface area contributed by atoms with Crippen LogP contribution in [0.25, 0.3) is 0 Å². The highest BCUT2D eigenvalue weighted by Crippen LogP contribution is 2.34. The van der Waals surface area contributed by atoms with E-state index >= 15 is 0 Å². The summed E-state index contributed by atoms with van der Waals surface area (Å²) in [7, 11) is 1.68. The average molecular weight is 293 g/mol. The highest BCUT2D eigenvalue weighted by Gasteiger charge is 2.39. The summed E-state index contributed by atoms with van der Waals surface area (Å²) in [6.45, 7) is 7.94. The van der Waals surface area contributed by atoms with Gasteiger partial charge in [-0.2, -0.15) is 0 Å². The number of nitrogens with zero attached hydrogens (tertiary/aromatic N) is 1. The largest absolute Gasteiger partial charge is 0.497 e. The maximum absolute atomic E-state index is 5.90. The molecule has 1 fully saturated rings. The SMILES string of the molecule is CCC(C)(C(NN)c1ccc(OC)cc1)N1CCOCC1. The maximum Gasteiger partial charge on any atom is 0.118 e. The van der Waals surface area contributed by atoms with Gasteiger partial charge in [0.25, 0.3) is 0 Å². The summed E-state index contributed by atoms with van der Waals surface area (Å²) in [5.74, 6) is 6.76. The summed E-state index contributed by atoms with van der Waals surface area (Å²) in [6.07, 6.45) is 1.01. The first-order valence-corrected chi connectivity index (χ1v) is 7.58. The Labute approximate surface area is 127 Å². The van der Waals surface area contributed by atoms with Crippen molar-refractivity contribution in [1.82, 2.24) is 10.3 Å². The van der Waals surface area contributed by atoms with Crippen molar-refractivity contribution in [3.63, 3.8) is 0 Å². The van der Waals surface area contributed by atoms with Crippen LogP contribution in [0.4, 0.5) is 0 Å². The van der Waals surface area contributed by atoms with Gasteiger partial charge in [0.15, 0.2) is 0 Å². The summed E-state index contributed by atoms with van der Waals surface area (Å²) < 4.78 is 10.7. The van der Waals surface area contributed by atoms with E-state index in [9.17, 15) is 0 Å². The third-order valence-corrected chi connectivity index (χ3v) is 4.69. The Morgan fingerprint density at radius 3 is 2.43 bits per heavy atom. The second-order valence-corrected chi connectivity index (χ2v) is 5.68. The summed E-state index contributed by atoms with van der Waals surface area (Å²) in [4.78, 5) is 2.48. The van der Waals surface area contributed by atoms with Crippen LogP contribution < -0.4 is 16.0 Å². The molecule has 21 heavy (non-hydrogen) atoms. The highest BCUT2D eigenvalue weighted by atomic mass is 16.5. The third-order valence-electron chi connectivity index (χ3n) is 4.69. The fourth-order valence-electron chi connectivity index (χ4n) is 3.12. The number of ether oxygens (including phenoxy) is 2. The van der Waals surface area contributed by atoms with E-state index in [0.29, 0.717) is 0 Å². The van der Waals surface area contributed by atoms with Gasteiger partial charge in [0.1, 0.15) is 5.75 Å². The van der Waals surface area contributed by atoms with Gasteiger partial charge in [0.05, 0.1) is 26.4 Å². The maximum atomic E-state index is 5.90. The van der Waals surface area contributed by atoms with E-state index in [1.54, 1.807) is 7.11 Å². The zero-order chi connectivity index (χ0) is 15.3. The van der Waals surface area contributed by atoms with Crippen LogP contribution in [0.2, 0.25) is 0 Å². The van der Waals surface area contributed by atoms with Gasteiger partial charge in [0, 0.05) is 18.6 Å². The number of rotatable bonds is 6. The van der Waals surface area contributed by atoms with Gasteiger partial charge < -0.3 is 9.47 Å². The summed E-state index contributed by atoms with van der Waals surface area (Å²) in [5, 5.41) is 0. The lowest BCUT2D eigenvalue weighted by Crippen LogP contribution is -2.58. The van der Waals surface area contributed by atoms with Crippen molar-refractivity contribution in [2.75, 3.05) is 33.4 Å². The number of benzene rings is 1. The Hall–Kier alpha value is -1.14. The van der Waals surface area contributed by atoms with Crippen LogP contribution in [0, 0.1) is 0 Å². The van der Waals surface area contributed by atoms with E-state index in [0.717, 1.165) is 38.5 Å². The number of hydrogen-bond donors (Lipinski definition) is 2. The normalized spacial score (nSPS) is 20.8. The molecule has 5 nitrogen and oxygen atoms in total. The van der Waals surface area contributed by atoms with Crippen LogP contribution >= 0.6 is 0 Å². The van der Waals surface area contributed by atoms with E-state index in [2.05, 4.69) is 36.3 Å². The van der Waals surface area contributed by atoms with Crippen LogP contribution in [0.5, 0.6) is 5.75 Å². The zero-order valence-electron chi connectivity index (χ0n) is 13.3. The molecule has 0 aliphatic carbocycles. The average Bonchev–Trinajstić information content (AvgIpc) is 2.56. The monoisotopic (exact) mass is 293 g/mol. The molecule has 0 amide bonds. The van der Waals surface area contributed by atoms with Crippen LogP contribution in [0.1, 0.15) is 31.9 Å². The predicted molar refractivity (Wildman–Crippen MR) is 84.1 cm³/mol. The minimum atomic E-state index is -0.0485. The molecule has 1 aromatic rings. The molecule has 2 rings (SSSR count). The minimum absolute atomic E-state index is 0.0485. The first-order chi connectivity index (χ1) is 10.2. The van der Waals surface area contributed by atoms with Crippen molar-refractivity contribution in [1.29, 1.82) is 0 Å². The van der Waals surface area contributed by atoms with E-state index in [1.165, 1.54) is 5.56 Å². The second-order valence-electron chi connectivity index (χ2n) is 5.68. The quantitative estimate of drug-likeness (QED) is 0.617. The molecule has 1 aliphatic heterocycles. The van der Waals surface area contributed by atoms with Crippen molar-refractivity contribution in [3.05, 3.63) is 29.8 Å². The number of morpholine rings is 1. The van der Waals surface area contributed by atoms with Crippen molar-refractivity contribution >= 4 is 0 Å². The summed E-state index contributed by atoms with van der Waals surface area (Å²) in [5.41, 5.74) is 4.15. The third kappa shape index (κ3) is 3.37. The molecule has 1 heterocycles. The van der Waals surface area contributed by atoms with Crippen LogP contribution in [0.15, 0.2) is 24.3 Å². The molecule has 1 aromatic carbocycles. The Bertz CT molecular complexity index is 432. The highest BCUT2D eigenvalue weighted by molar-refractivity contribution is 5.31. The number of methoxy groups -OCH3 is 1. The second kappa shape index (κ2) is 7.22. The fourth-order valence-corrected chi connectivity index (χ4v) is 3.12. The molecule has 0 spiro atoms.